The van der Waals surface area contributed by atoms with Crippen LogP contribution in [-0.4, -0.2) is 30.3 Å². The van der Waals surface area contributed by atoms with Crippen molar-refractivity contribution in [2.45, 2.75) is 0 Å². The highest BCUT2D eigenvalue weighted by Crippen LogP contribution is 2.30. The fourth-order valence-electron chi connectivity index (χ4n) is 1.96. The normalized spacial score (nSPS) is 11.0. The number of thiophene rings is 1. The van der Waals surface area contributed by atoms with Gasteiger partial charge in [0, 0.05) is 12.3 Å². The fraction of sp³-hybridized carbons (Fsp3) is 0. The van der Waals surface area contributed by atoms with Gasteiger partial charge in [-0.25, -0.2) is 4.68 Å². The van der Waals surface area contributed by atoms with E-state index in [2.05, 4.69) is 25.7 Å². The van der Waals surface area contributed by atoms with Crippen LogP contribution in [0.2, 0.25) is 0 Å². The lowest BCUT2D eigenvalue weighted by Crippen LogP contribution is -1.97. The number of hydrogen-bond donors (Lipinski definition) is 1. The molecule has 7 nitrogen and oxygen atoms in total. The van der Waals surface area contributed by atoms with Gasteiger partial charge in [0.25, 0.3) is 0 Å². The Labute approximate surface area is 116 Å². The maximum atomic E-state index is 4.89. The van der Waals surface area contributed by atoms with E-state index in [1.807, 2.05) is 23.6 Å². The molecule has 4 aromatic rings. The molecule has 0 saturated heterocycles. The summed E-state index contributed by atoms with van der Waals surface area (Å²) in [6, 6.07) is 7.56. The topological polar surface area (TPSA) is 85.4 Å². The first-order chi connectivity index (χ1) is 9.93. The molecule has 0 bridgehead atoms. The Bertz CT molecular complexity index is 749. The van der Waals surface area contributed by atoms with Gasteiger partial charge >= 0.3 is 0 Å². The van der Waals surface area contributed by atoms with Gasteiger partial charge in [-0.1, -0.05) is 10.4 Å². The SMILES string of the molecule is c1csc(-n2nnc(-c3ccon3)c2-c2ccn[nH]2)c1. The van der Waals surface area contributed by atoms with Crippen molar-refractivity contribution in [1.82, 2.24) is 30.3 Å². The predicted molar refractivity (Wildman–Crippen MR) is 72.3 cm³/mol. The summed E-state index contributed by atoms with van der Waals surface area (Å²) in [6.07, 6.45) is 3.20. The number of aromatic nitrogens is 6. The summed E-state index contributed by atoms with van der Waals surface area (Å²) < 4.78 is 6.66. The molecule has 98 valence electrons. The van der Waals surface area contributed by atoms with Crippen LogP contribution in [0.3, 0.4) is 0 Å². The highest BCUT2D eigenvalue weighted by Gasteiger charge is 2.20. The monoisotopic (exact) mass is 284 g/mol. The summed E-state index contributed by atoms with van der Waals surface area (Å²) in [5.74, 6) is 0. The number of H-pyrrole nitrogens is 1. The van der Waals surface area contributed by atoms with Crippen LogP contribution in [0.15, 0.2) is 46.6 Å². The molecule has 0 amide bonds. The van der Waals surface area contributed by atoms with E-state index in [0.29, 0.717) is 11.4 Å². The van der Waals surface area contributed by atoms with Crippen molar-refractivity contribution in [2.24, 2.45) is 0 Å². The number of aromatic amines is 1. The van der Waals surface area contributed by atoms with Gasteiger partial charge in [0.1, 0.15) is 28.3 Å². The Morgan fingerprint density at radius 1 is 1.25 bits per heavy atom. The molecule has 0 atom stereocenters. The molecule has 0 aliphatic heterocycles. The Kier molecular flexibility index (Phi) is 2.46. The third-order valence-electron chi connectivity index (χ3n) is 2.82. The summed E-state index contributed by atoms with van der Waals surface area (Å²) in [5, 5.41) is 22.3. The summed E-state index contributed by atoms with van der Waals surface area (Å²) in [7, 11) is 0. The molecule has 0 saturated carbocycles. The first-order valence-electron chi connectivity index (χ1n) is 5.83. The molecule has 0 spiro atoms. The lowest BCUT2D eigenvalue weighted by atomic mass is 10.2. The number of nitrogens with one attached hydrogen (secondary N) is 1. The average Bonchev–Trinajstić information content (AvgIpc) is 3.23. The van der Waals surface area contributed by atoms with E-state index < -0.39 is 0 Å². The van der Waals surface area contributed by atoms with Crippen LogP contribution in [0.25, 0.3) is 27.8 Å². The van der Waals surface area contributed by atoms with Gasteiger partial charge in [-0.2, -0.15) is 5.10 Å². The second kappa shape index (κ2) is 4.42. The summed E-state index contributed by atoms with van der Waals surface area (Å²) in [6.45, 7) is 0. The van der Waals surface area contributed by atoms with Crippen LogP contribution in [-0.2, 0) is 0 Å². The van der Waals surface area contributed by atoms with Crippen LogP contribution >= 0.6 is 11.3 Å². The van der Waals surface area contributed by atoms with Crippen molar-refractivity contribution >= 4 is 11.3 Å². The standard InChI is InChI=1S/C12H8N6OS/c1-2-10(20-7-1)18-12(9-3-5-13-14-9)11(15-17-18)8-4-6-19-16-8/h1-7H,(H,13,14). The van der Waals surface area contributed by atoms with Crippen molar-refractivity contribution in [3.63, 3.8) is 0 Å². The Morgan fingerprint density at radius 3 is 2.95 bits per heavy atom. The molecule has 0 unspecified atom stereocenters. The molecule has 0 aliphatic carbocycles. The molecule has 20 heavy (non-hydrogen) atoms. The van der Waals surface area contributed by atoms with Gasteiger partial charge in [0.05, 0.1) is 5.69 Å². The van der Waals surface area contributed by atoms with Gasteiger partial charge in [-0.05, 0) is 23.6 Å². The zero-order chi connectivity index (χ0) is 13.4. The number of hydrogen-bond acceptors (Lipinski definition) is 6. The van der Waals surface area contributed by atoms with E-state index in [1.54, 1.807) is 28.3 Å². The minimum atomic E-state index is 0.636. The summed E-state index contributed by atoms with van der Waals surface area (Å²) >= 11 is 1.58. The molecule has 0 aromatic carbocycles. The lowest BCUT2D eigenvalue weighted by molar-refractivity contribution is 0.422. The van der Waals surface area contributed by atoms with E-state index in [9.17, 15) is 0 Å². The fourth-order valence-corrected chi connectivity index (χ4v) is 2.64. The maximum Gasteiger partial charge on any atom is 0.145 e. The lowest BCUT2D eigenvalue weighted by Gasteiger charge is -2.02. The Hall–Kier alpha value is -2.74. The van der Waals surface area contributed by atoms with E-state index in [1.165, 1.54) is 6.26 Å². The van der Waals surface area contributed by atoms with Gasteiger partial charge in [-0.3, -0.25) is 5.10 Å². The first-order valence-corrected chi connectivity index (χ1v) is 6.71. The maximum absolute atomic E-state index is 4.89. The van der Waals surface area contributed by atoms with Crippen LogP contribution in [0.5, 0.6) is 0 Å². The van der Waals surface area contributed by atoms with Crippen LogP contribution < -0.4 is 0 Å². The molecular formula is C12H8N6OS. The van der Waals surface area contributed by atoms with Gasteiger partial charge in [0.15, 0.2) is 0 Å². The van der Waals surface area contributed by atoms with Crippen molar-refractivity contribution in [1.29, 1.82) is 0 Å². The molecule has 0 fully saturated rings. The van der Waals surface area contributed by atoms with Crippen LogP contribution in [0.1, 0.15) is 0 Å². The van der Waals surface area contributed by atoms with Gasteiger partial charge in [0.2, 0.25) is 0 Å². The molecule has 8 heteroatoms. The van der Waals surface area contributed by atoms with Crippen LogP contribution in [0.4, 0.5) is 0 Å². The van der Waals surface area contributed by atoms with Crippen molar-refractivity contribution in [2.75, 3.05) is 0 Å². The van der Waals surface area contributed by atoms with Crippen molar-refractivity contribution in [3.8, 4) is 27.8 Å². The molecule has 4 heterocycles. The second-order valence-electron chi connectivity index (χ2n) is 4.00. The minimum Gasteiger partial charge on any atom is -0.364 e. The third-order valence-corrected chi connectivity index (χ3v) is 3.67. The zero-order valence-corrected chi connectivity index (χ0v) is 10.9. The molecule has 4 rings (SSSR count). The van der Waals surface area contributed by atoms with Crippen molar-refractivity contribution in [3.05, 3.63) is 42.1 Å². The predicted octanol–water partition coefficient (Wildman–Crippen LogP) is 2.37. The Morgan fingerprint density at radius 2 is 2.25 bits per heavy atom. The minimum absolute atomic E-state index is 0.636. The van der Waals surface area contributed by atoms with Gasteiger partial charge in [-0.15, -0.1) is 16.4 Å². The number of nitrogens with zero attached hydrogens (tertiary/aromatic N) is 5. The molecule has 0 radical (unpaired) electrons. The van der Waals surface area contributed by atoms with Gasteiger partial charge < -0.3 is 4.52 Å². The van der Waals surface area contributed by atoms with E-state index in [-0.39, 0.29) is 0 Å². The molecule has 0 aliphatic rings. The quantitative estimate of drug-likeness (QED) is 0.624. The van der Waals surface area contributed by atoms with E-state index in [0.717, 1.165) is 16.4 Å². The highest BCUT2D eigenvalue weighted by atomic mass is 32.1. The summed E-state index contributed by atoms with van der Waals surface area (Å²) in [5.41, 5.74) is 2.91. The van der Waals surface area contributed by atoms with E-state index >= 15 is 0 Å². The number of rotatable bonds is 3. The largest absolute Gasteiger partial charge is 0.364 e. The molecule has 4 aromatic heterocycles. The summed E-state index contributed by atoms with van der Waals surface area (Å²) in [4.78, 5) is 0. The van der Waals surface area contributed by atoms with Crippen molar-refractivity contribution < 1.29 is 4.52 Å². The van der Waals surface area contributed by atoms with E-state index in [4.69, 9.17) is 4.52 Å². The molecule has 1 N–H and O–H groups in total. The second-order valence-corrected chi connectivity index (χ2v) is 4.93. The van der Waals surface area contributed by atoms with Crippen LogP contribution in [0, 0.1) is 0 Å². The highest BCUT2D eigenvalue weighted by molar-refractivity contribution is 7.12. The third kappa shape index (κ3) is 1.66. The Balaban J connectivity index is 1.98. The molecular weight excluding hydrogens is 276 g/mol. The average molecular weight is 284 g/mol. The smallest absolute Gasteiger partial charge is 0.145 e. The first kappa shape index (κ1) is 11.1. The zero-order valence-electron chi connectivity index (χ0n) is 10.1.